The summed E-state index contributed by atoms with van der Waals surface area (Å²) in [4.78, 5) is 9.67. The molecular formula is C22H22ClN5O. The second-order valence-corrected chi connectivity index (χ2v) is 7.64. The highest BCUT2D eigenvalue weighted by molar-refractivity contribution is 6.34. The van der Waals surface area contributed by atoms with Gasteiger partial charge in [-0.25, -0.2) is 9.50 Å². The smallest absolute Gasteiger partial charge is 0.176 e. The number of para-hydroxylation sites is 1. The van der Waals surface area contributed by atoms with Crippen LogP contribution in [0, 0.1) is 6.92 Å². The van der Waals surface area contributed by atoms with Crippen LogP contribution in [0.4, 0.5) is 11.5 Å². The molecule has 0 bridgehead atoms. The summed E-state index contributed by atoms with van der Waals surface area (Å²) in [6.45, 7) is 5.56. The van der Waals surface area contributed by atoms with Crippen molar-refractivity contribution in [3.63, 3.8) is 0 Å². The molecule has 0 spiro atoms. The maximum absolute atomic E-state index is 6.50. The topological polar surface area (TPSA) is 45.9 Å². The molecule has 0 saturated carbocycles. The lowest BCUT2D eigenvalue weighted by molar-refractivity contribution is 0.415. The van der Waals surface area contributed by atoms with Crippen molar-refractivity contribution in [1.82, 2.24) is 14.6 Å². The number of hydrogen-bond acceptors (Lipinski definition) is 5. The number of ether oxygens (including phenoxy) is 1. The van der Waals surface area contributed by atoms with E-state index in [1.165, 1.54) is 5.69 Å². The van der Waals surface area contributed by atoms with Crippen molar-refractivity contribution >= 4 is 39.7 Å². The average molecular weight is 408 g/mol. The minimum Gasteiger partial charge on any atom is -0.497 e. The number of halogens is 1. The lowest BCUT2D eigenvalue weighted by Crippen LogP contribution is -2.47. The molecule has 2 aromatic heterocycles. The molecular weight excluding hydrogens is 386 g/mol. The van der Waals surface area contributed by atoms with Gasteiger partial charge in [0.15, 0.2) is 5.65 Å². The van der Waals surface area contributed by atoms with Crippen LogP contribution in [0.25, 0.3) is 16.6 Å². The lowest BCUT2D eigenvalue weighted by atomic mass is 10.2. The minimum atomic E-state index is 0.619. The summed E-state index contributed by atoms with van der Waals surface area (Å²) in [5, 5.41) is 6.29. The maximum atomic E-state index is 6.50. The Labute approximate surface area is 174 Å². The Bertz CT molecular complexity index is 1180. The molecule has 29 heavy (non-hydrogen) atoms. The molecule has 1 saturated heterocycles. The number of rotatable bonds is 3. The van der Waals surface area contributed by atoms with E-state index < -0.39 is 0 Å². The van der Waals surface area contributed by atoms with Crippen molar-refractivity contribution in [2.24, 2.45) is 0 Å². The summed E-state index contributed by atoms with van der Waals surface area (Å²) in [6, 6.07) is 16.5. The number of benzene rings is 2. The van der Waals surface area contributed by atoms with Gasteiger partial charge in [0.1, 0.15) is 16.6 Å². The standard InChI is InChI=1S/C22H22ClN5O/c1-15-20(23)22-24-21(18-5-3-4-6-19(18)28(22)25-15)27-13-11-26(12-14-27)16-7-9-17(29-2)10-8-16/h3-10H,11-14H2,1-2H3. The van der Waals surface area contributed by atoms with Gasteiger partial charge in [0.05, 0.1) is 18.3 Å². The van der Waals surface area contributed by atoms with Crippen molar-refractivity contribution in [2.45, 2.75) is 6.92 Å². The van der Waals surface area contributed by atoms with E-state index in [-0.39, 0.29) is 0 Å². The Morgan fingerprint density at radius 1 is 0.931 bits per heavy atom. The zero-order valence-electron chi connectivity index (χ0n) is 16.5. The second kappa shape index (κ2) is 7.12. The van der Waals surface area contributed by atoms with E-state index in [2.05, 4.69) is 39.2 Å². The van der Waals surface area contributed by atoms with Crippen LogP contribution >= 0.6 is 11.6 Å². The third-order valence-electron chi connectivity index (χ3n) is 5.57. The number of piperazine rings is 1. The van der Waals surface area contributed by atoms with Crippen molar-refractivity contribution in [3.8, 4) is 5.75 Å². The van der Waals surface area contributed by atoms with Gasteiger partial charge in [0.2, 0.25) is 0 Å². The van der Waals surface area contributed by atoms with E-state index in [0.717, 1.165) is 60.0 Å². The van der Waals surface area contributed by atoms with Crippen LogP contribution in [-0.2, 0) is 0 Å². The van der Waals surface area contributed by atoms with E-state index >= 15 is 0 Å². The quantitative estimate of drug-likeness (QED) is 0.509. The van der Waals surface area contributed by atoms with Crippen molar-refractivity contribution < 1.29 is 4.74 Å². The highest BCUT2D eigenvalue weighted by Crippen LogP contribution is 2.31. The molecule has 1 aliphatic rings. The van der Waals surface area contributed by atoms with Crippen LogP contribution in [0.2, 0.25) is 5.02 Å². The van der Waals surface area contributed by atoms with Crippen LogP contribution in [0.5, 0.6) is 5.75 Å². The minimum absolute atomic E-state index is 0.619. The molecule has 6 nitrogen and oxygen atoms in total. The second-order valence-electron chi connectivity index (χ2n) is 7.26. The van der Waals surface area contributed by atoms with E-state index in [0.29, 0.717) is 5.02 Å². The number of hydrogen-bond donors (Lipinski definition) is 0. The molecule has 3 heterocycles. The first kappa shape index (κ1) is 18.1. The summed E-state index contributed by atoms with van der Waals surface area (Å²) in [6.07, 6.45) is 0. The maximum Gasteiger partial charge on any atom is 0.176 e. The average Bonchev–Trinajstić information content (AvgIpc) is 3.07. The van der Waals surface area contributed by atoms with Crippen molar-refractivity contribution in [3.05, 3.63) is 59.2 Å². The molecule has 5 rings (SSSR count). The van der Waals surface area contributed by atoms with Gasteiger partial charge in [0, 0.05) is 37.3 Å². The fourth-order valence-corrected chi connectivity index (χ4v) is 4.14. The Kier molecular flexibility index (Phi) is 4.43. The van der Waals surface area contributed by atoms with Crippen LogP contribution in [-0.4, -0.2) is 47.9 Å². The Morgan fingerprint density at radius 2 is 1.62 bits per heavy atom. The number of anilines is 2. The van der Waals surface area contributed by atoms with Crippen molar-refractivity contribution in [2.75, 3.05) is 43.1 Å². The number of aromatic nitrogens is 3. The molecule has 1 aliphatic heterocycles. The summed E-state index contributed by atoms with van der Waals surface area (Å²) in [7, 11) is 1.69. The third kappa shape index (κ3) is 3.04. The molecule has 0 atom stereocenters. The first-order valence-corrected chi connectivity index (χ1v) is 10.1. The Morgan fingerprint density at radius 3 is 2.34 bits per heavy atom. The summed E-state index contributed by atoms with van der Waals surface area (Å²) in [5.74, 6) is 1.86. The predicted octanol–water partition coefficient (Wildman–Crippen LogP) is 4.18. The molecule has 0 radical (unpaired) electrons. The summed E-state index contributed by atoms with van der Waals surface area (Å²) < 4.78 is 7.12. The van der Waals surface area contributed by atoms with Crippen LogP contribution in [0.3, 0.4) is 0 Å². The van der Waals surface area contributed by atoms with Gasteiger partial charge in [0.25, 0.3) is 0 Å². The number of fused-ring (bicyclic) bond motifs is 3. The van der Waals surface area contributed by atoms with E-state index in [9.17, 15) is 0 Å². The van der Waals surface area contributed by atoms with E-state index in [4.69, 9.17) is 21.3 Å². The molecule has 2 aromatic carbocycles. The molecule has 7 heteroatoms. The van der Waals surface area contributed by atoms with Gasteiger partial charge in [-0.05, 0) is 43.3 Å². The fraction of sp³-hybridized carbons (Fsp3) is 0.273. The lowest BCUT2D eigenvalue weighted by Gasteiger charge is -2.37. The number of aryl methyl sites for hydroxylation is 1. The van der Waals surface area contributed by atoms with Gasteiger partial charge in [-0.2, -0.15) is 5.10 Å². The van der Waals surface area contributed by atoms with Crippen LogP contribution < -0.4 is 14.5 Å². The third-order valence-corrected chi connectivity index (χ3v) is 6.01. The fourth-order valence-electron chi connectivity index (χ4n) is 3.98. The first-order chi connectivity index (χ1) is 14.2. The van der Waals surface area contributed by atoms with Gasteiger partial charge in [-0.15, -0.1) is 0 Å². The molecule has 0 N–H and O–H groups in total. The molecule has 0 unspecified atom stereocenters. The molecule has 0 aliphatic carbocycles. The predicted molar refractivity (Wildman–Crippen MR) is 118 cm³/mol. The largest absolute Gasteiger partial charge is 0.497 e. The number of nitrogens with zero attached hydrogens (tertiary/aromatic N) is 5. The zero-order valence-corrected chi connectivity index (χ0v) is 17.2. The van der Waals surface area contributed by atoms with E-state index in [1.54, 1.807) is 7.11 Å². The zero-order chi connectivity index (χ0) is 20.0. The molecule has 0 amide bonds. The first-order valence-electron chi connectivity index (χ1n) is 9.73. The normalized spacial score (nSPS) is 14.7. The van der Waals surface area contributed by atoms with Gasteiger partial charge in [-0.1, -0.05) is 23.7 Å². The summed E-state index contributed by atoms with van der Waals surface area (Å²) in [5.41, 5.74) is 3.76. The Balaban J connectivity index is 1.47. The highest BCUT2D eigenvalue weighted by Gasteiger charge is 2.22. The van der Waals surface area contributed by atoms with Gasteiger partial charge < -0.3 is 14.5 Å². The summed E-state index contributed by atoms with van der Waals surface area (Å²) >= 11 is 6.50. The Hall–Kier alpha value is -2.99. The van der Waals surface area contributed by atoms with Crippen LogP contribution in [0.15, 0.2) is 48.5 Å². The van der Waals surface area contributed by atoms with E-state index in [1.807, 2.05) is 35.7 Å². The SMILES string of the molecule is COc1ccc(N2CCN(c3nc4c(Cl)c(C)nn4c4ccccc34)CC2)cc1. The van der Waals surface area contributed by atoms with Crippen molar-refractivity contribution in [1.29, 1.82) is 0 Å². The van der Waals surface area contributed by atoms with Gasteiger partial charge in [-0.3, -0.25) is 0 Å². The monoisotopic (exact) mass is 407 g/mol. The highest BCUT2D eigenvalue weighted by atomic mass is 35.5. The molecule has 1 fully saturated rings. The molecule has 4 aromatic rings. The molecule has 148 valence electrons. The van der Waals surface area contributed by atoms with Gasteiger partial charge >= 0.3 is 0 Å². The van der Waals surface area contributed by atoms with Crippen LogP contribution in [0.1, 0.15) is 5.69 Å². The number of methoxy groups -OCH3 is 1.